The first-order chi connectivity index (χ1) is 7.90. The van der Waals surface area contributed by atoms with Crippen molar-refractivity contribution in [3.63, 3.8) is 0 Å². The van der Waals surface area contributed by atoms with E-state index in [0.717, 1.165) is 39.1 Å². The first-order valence-corrected chi connectivity index (χ1v) is 5.92. The Morgan fingerprint density at radius 1 is 1.19 bits per heavy atom. The molecule has 0 unspecified atom stereocenters. The number of allylic oxidation sites excluding steroid dienone is 1. The number of benzene rings is 1. The molecule has 2 rings (SSSR count). The Kier molecular flexibility index (Phi) is 4.00. The number of ether oxygens (including phenoxy) is 1. The number of rotatable bonds is 4. The summed E-state index contributed by atoms with van der Waals surface area (Å²) in [7, 11) is 0. The fourth-order valence-electron chi connectivity index (χ4n) is 1.96. The Morgan fingerprint density at radius 3 is 2.50 bits per heavy atom. The maximum Gasteiger partial charge on any atom is 0.0642 e. The van der Waals surface area contributed by atoms with Gasteiger partial charge >= 0.3 is 0 Å². The van der Waals surface area contributed by atoms with E-state index in [-0.39, 0.29) is 0 Å². The molecule has 1 fully saturated rings. The molecular weight excluding hydrogens is 198 g/mol. The molecule has 2 nitrogen and oxygen atoms in total. The van der Waals surface area contributed by atoms with Crippen molar-refractivity contribution in [2.75, 3.05) is 31.2 Å². The lowest BCUT2D eigenvalue weighted by molar-refractivity contribution is 0.122. The molecule has 0 atom stereocenters. The minimum Gasteiger partial charge on any atom is -0.378 e. The SMILES string of the molecule is C=CCCc1ccc(N2CCOCC2)cc1. The van der Waals surface area contributed by atoms with Gasteiger partial charge in [-0.25, -0.2) is 0 Å². The zero-order valence-electron chi connectivity index (χ0n) is 9.69. The summed E-state index contributed by atoms with van der Waals surface area (Å²) in [5.41, 5.74) is 2.70. The van der Waals surface area contributed by atoms with Gasteiger partial charge in [0.1, 0.15) is 0 Å². The van der Waals surface area contributed by atoms with Crippen LogP contribution in [0.4, 0.5) is 5.69 Å². The van der Waals surface area contributed by atoms with Crippen LogP contribution in [-0.2, 0) is 11.2 Å². The predicted octanol–water partition coefficient (Wildman–Crippen LogP) is 2.64. The molecule has 0 aliphatic carbocycles. The van der Waals surface area contributed by atoms with E-state index in [9.17, 15) is 0 Å². The van der Waals surface area contributed by atoms with Gasteiger partial charge in [-0.1, -0.05) is 18.2 Å². The van der Waals surface area contributed by atoms with E-state index >= 15 is 0 Å². The van der Waals surface area contributed by atoms with Crippen LogP contribution in [-0.4, -0.2) is 26.3 Å². The summed E-state index contributed by atoms with van der Waals surface area (Å²) in [4.78, 5) is 2.38. The lowest BCUT2D eigenvalue weighted by Crippen LogP contribution is -2.36. The molecule has 0 bridgehead atoms. The molecule has 1 saturated heterocycles. The van der Waals surface area contributed by atoms with E-state index in [1.54, 1.807) is 0 Å². The molecule has 2 heteroatoms. The first-order valence-electron chi connectivity index (χ1n) is 5.92. The Labute approximate surface area is 97.5 Å². The number of anilines is 1. The monoisotopic (exact) mass is 217 g/mol. The third-order valence-electron chi connectivity index (χ3n) is 2.95. The zero-order valence-corrected chi connectivity index (χ0v) is 9.69. The summed E-state index contributed by atoms with van der Waals surface area (Å²) in [6, 6.07) is 8.86. The average Bonchev–Trinajstić information content (AvgIpc) is 2.38. The van der Waals surface area contributed by atoms with Crippen molar-refractivity contribution >= 4 is 5.69 Å². The van der Waals surface area contributed by atoms with Crippen molar-refractivity contribution in [3.05, 3.63) is 42.5 Å². The highest BCUT2D eigenvalue weighted by Crippen LogP contribution is 2.17. The van der Waals surface area contributed by atoms with Gasteiger partial charge in [0.05, 0.1) is 13.2 Å². The fourth-order valence-corrected chi connectivity index (χ4v) is 1.96. The van der Waals surface area contributed by atoms with Crippen molar-refractivity contribution in [2.45, 2.75) is 12.8 Å². The number of aryl methyl sites for hydroxylation is 1. The van der Waals surface area contributed by atoms with Crippen LogP contribution in [0, 0.1) is 0 Å². The van der Waals surface area contributed by atoms with Gasteiger partial charge in [0.2, 0.25) is 0 Å². The molecule has 86 valence electrons. The molecule has 1 aliphatic rings. The fraction of sp³-hybridized carbons (Fsp3) is 0.429. The third-order valence-corrected chi connectivity index (χ3v) is 2.95. The smallest absolute Gasteiger partial charge is 0.0642 e. The summed E-state index contributed by atoms with van der Waals surface area (Å²) >= 11 is 0. The second kappa shape index (κ2) is 5.71. The lowest BCUT2D eigenvalue weighted by atomic mass is 10.1. The quantitative estimate of drug-likeness (QED) is 0.719. The van der Waals surface area contributed by atoms with Crippen LogP contribution in [0.1, 0.15) is 12.0 Å². The van der Waals surface area contributed by atoms with Crippen molar-refractivity contribution < 1.29 is 4.74 Å². The van der Waals surface area contributed by atoms with Crippen molar-refractivity contribution in [1.82, 2.24) is 0 Å². The average molecular weight is 217 g/mol. The van der Waals surface area contributed by atoms with Gasteiger partial charge < -0.3 is 9.64 Å². The molecule has 16 heavy (non-hydrogen) atoms. The second-order valence-electron chi connectivity index (χ2n) is 4.09. The molecule has 0 N–H and O–H groups in total. The molecule has 0 aromatic heterocycles. The number of hydrogen-bond donors (Lipinski definition) is 0. The summed E-state index contributed by atoms with van der Waals surface area (Å²) in [5, 5.41) is 0. The van der Waals surface area contributed by atoms with Crippen molar-refractivity contribution in [2.24, 2.45) is 0 Å². The van der Waals surface area contributed by atoms with Gasteiger partial charge in [-0.15, -0.1) is 6.58 Å². The standard InChI is InChI=1S/C14H19NO/c1-2-3-4-13-5-7-14(8-6-13)15-9-11-16-12-10-15/h2,5-8H,1,3-4,9-12H2. The van der Waals surface area contributed by atoms with Gasteiger partial charge in [0.15, 0.2) is 0 Å². The largest absolute Gasteiger partial charge is 0.378 e. The minimum absolute atomic E-state index is 0.845. The highest BCUT2D eigenvalue weighted by atomic mass is 16.5. The summed E-state index contributed by atoms with van der Waals surface area (Å²) < 4.78 is 5.35. The van der Waals surface area contributed by atoms with E-state index in [0.29, 0.717) is 0 Å². The molecule has 1 aromatic rings. The maximum absolute atomic E-state index is 5.35. The molecular formula is C14H19NO. The van der Waals surface area contributed by atoms with Gasteiger partial charge in [-0.3, -0.25) is 0 Å². The van der Waals surface area contributed by atoms with Crippen LogP contribution >= 0.6 is 0 Å². The number of hydrogen-bond acceptors (Lipinski definition) is 2. The van der Waals surface area contributed by atoms with Crippen LogP contribution in [0.5, 0.6) is 0 Å². The normalized spacial score (nSPS) is 16.1. The van der Waals surface area contributed by atoms with E-state index in [1.165, 1.54) is 11.3 Å². The first kappa shape index (κ1) is 11.2. The molecule has 0 spiro atoms. The molecule has 1 aliphatic heterocycles. The van der Waals surface area contributed by atoms with Gasteiger partial charge in [0.25, 0.3) is 0 Å². The Balaban J connectivity index is 1.97. The van der Waals surface area contributed by atoms with E-state index in [2.05, 4.69) is 35.7 Å². The van der Waals surface area contributed by atoms with E-state index in [4.69, 9.17) is 4.74 Å². The highest BCUT2D eigenvalue weighted by Gasteiger charge is 2.10. The topological polar surface area (TPSA) is 12.5 Å². The molecule has 1 aromatic carbocycles. The van der Waals surface area contributed by atoms with Crippen molar-refractivity contribution in [1.29, 1.82) is 0 Å². The van der Waals surface area contributed by atoms with Crippen LogP contribution < -0.4 is 4.90 Å². The number of morpholine rings is 1. The summed E-state index contributed by atoms with van der Waals surface area (Å²) in [5.74, 6) is 0. The Hall–Kier alpha value is -1.28. The van der Waals surface area contributed by atoms with Crippen molar-refractivity contribution in [3.8, 4) is 0 Å². The van der Waals surface area contributed by atoms with E-state index in [1.807, 2.05) is 6.08 Å². The number of nitrogens with zero attached hydrogens (tertiary/aromatic N) is 1. The van der Waals surface area contributed by atoms with Crippen LogP contribution in [0.25, 0.3) is 0 Å². The zero-order chi connectivity index (χ0) is 11.2. The minimum atomic E-state index is 0.845. The molecule has 0 amide bonds. The van der Waals surface area contributed by atoms with E-state index < -0.39 is 0 Å². The maximum atomic E-state index is 5.35. The van der Waals surface area contributed by atoms with Gasteiger partial charge in [-0.2, -0.15) is 0 Å². The third kappa shape index (κ3) is 2.86. The molecule has 0 radical (unpaired) electrons. The lowest BCUT2D eigenvalue weighted by Gasteiger charge is -2.28. The predicted molar refractivity (Wildman–Crippen MR) is 68.0 cm³/mol. The van der Waals surface area contributed by atoms with Crippen LogP contribution in [0.2, 0.25) is 0 Å². The Morgan fingerprint density at radius 2 is 1.88 bits per heavy atom. The summed E-state index contributed by atoms with van der Waals surface area (Å²) in [6.45, 7) is 7.45. The summed E-state index contributed by atoms with van der Waals surface area (Å²) in [6.07, 6.45) is 4.11. The molecule has 0 saturated carbocycles. The van der Waals surface area contributed by atoms with Gasteiger partial charge in [-0.05, 0) is 30.5 Å². The second-order valence-corrected chi connectivity index (χ2v) is 4.09. The van der Waals surface area contributed by atoms with Crippen LogP contribution in [0.3, 0.4) is 0 Å². The highest BCUT2D eigenvalue weighted by molar-refractivity contribution is 5.47. The molecule has 1 heterocycles. The van der Waals surface area contributed by atoms with Gasteiger partial charge in [0, 0.05) is 18.8 Å². The van der Waals surface area contributed by atoms with Crippen LogP contribution in [0.15, 0.2) is 36.9 Å². The Bertz CT molecular complexity index is 325.